The lowest BCUT2D eigenvalue weighted by Crippen LogP contribution is -2.62. The van der Waals surface area contributed by atoms with E-state index in [0.717, 1.165) is 56.2 Å². The molecule has 1 aromatic heterocycles. The molecular formula is C19H31N3O3. The van der Waals surface area contributed by atoms with Crippen LogP contribution in [0.25, 0.3) is 0 Å². The molecule has 140 valence electrons. The average Bonchev–Trinajstić information content (AvgIpc) is 3.23. The van der Waals surface area contributed by atoms with Crippen molar-refractivity contribution < 1.29 is 14.1 Å². The highest BCUT2D eigenvalue weighted by molar-refractivity contribution is 5.84. The minimum Gasteiger partial charge on any atom is -0.379 e. The number of ether oxygens (including phenoxy) is 1. The number of carbonyl (C=O) groups is 1. The maximum Gasteiger partial charge on any atom is 0.227 e. The van der Waals surface area contributed by atoms with Gasteiger partial charge in [-0.05, 0) is 40.5 Å². The van der Waals surface area contributed by atoms with Gasteiger partial charge in [0.25, 0.3) is 0 Å². The average molecular weight is 349 g/mol. The summed E-state index contributed by atoms with van der Waals surface area (Å²) in [5.41, 5.74) is 1.78. The zero-order valence-corrected chi connectivity index (χ0v) is 15.9. The lowest BCUT2D eigenvalue weighted by atomic mass is 9.86. The van der Waals surface area contributed by atoms with Crippen molar-refractivity contribution >= 4 is 5.91 Å². The molecule has 3 rings (SSSR count). The Balaban J connectivity index is 1.72. The molecule has 6 nitrogen and oxygen atoms in total. The Morgan fingerprint density at radius 1 is 1.20 bits per heavy atom. The van der Waals surface area contributed by atoms with Crippen LogP contribution in [0.1, 0.15) is 62.5 Å². The first kappa shape index (κ1) is 18.4. The molecule has 2 unspecified atom stereocenters. The van der Waals surface area contributed by atoms with Gasteiger partial charge in [0, 0.05) is 30.2 Å². The number of amides is 1. The first-order valence-corrected chi connectivity index (χ1v) is 9.51. The van der Waals surface area contributed by atoms with Crippen LogP contribution in [0.5, 0.6) is 0 Å². The van der Waals surface area contributed by atoms with E-state index in [0.29, 0.717) is 0 Å². The van der Waals surface area contributed by atoms with E-state index in [-0.39, 0.29) is 23.4 Å². The van der Waals surface area contributed by atoms with Gasteiger partial charge in [0.2, 0.25) is 5.91 Å². The van der Waals surface area contributed by atoms with E-state index in [1.807, 2.05) is 20.8 Å². The summed E-state index contributed by atoms with van der Waals surface area (Å²) in [4.78, 5) is 15.5. The van der Waals surface area contributed by atoms with Crippen LogP contribution in [-0.2, 0) is 9.53 Å². The standard InChI is InChI=1S/C19H31N3O3/c1-13(17-14(2)21-25-15(17)3)18(23)20-16(4)19(7-5-6-8-19)22-9-11-24-12-10-22/h13,16H,5-12H2,1-4H3,(H,20,23). The van der Waals surface area contributed by atoms with Gasteiger partial charge in [0.05, 0.1) is 24.8 Å². The van der Waals surface area contributed by atoms with Crippen LogP contribution in [-0.4, -0.2) is 53.8 Å². The zero-order valence-electron chi connectivity index (χ0n) is 15.9. The number of hydrogen-bond acceptors (Lipinski definition) is 5. The Labute approximate surface area is 150 Å². The number of carbonyl (C=O) groups excluding carboxylic acids is 1. The Kier molecular flexibility index (Phi) is 5.49. The summed E-state index contributed by atoms with van der Waals surface area (Å²) in [6.45, 7) is 11.4. The number of morpholine rings is 1. The molecule has 1 N–H and O–H groups in total. The number of aromatic nitrogens is 1. The summed E-state index contributed by atoms with van der Waals surface area (Å²) in [5.74, 6) is 0.537. The normalized spacial score (nSPS) is 23.4. The molecule has 0 spiro atoms. The van der Waals surface area contributed by atoms with E-state index < -0.39 is 0 Å². The molecule has 1 aromatic rings. The summed E-state index contributed by atoms with van der Waals surface area (Å²) in [6.07, 6.45) is 4.76. The van der Waals surface area contributed by atoms with E-state index in [9.17, 15) is 4.79 Å². The van der Waals surface area contributed by atoms with Crippen molar-refractivity contribution in [2.75, 3.05) is 26.3 Å². The van der Waals surface area contributed by atoms with Gasteiger partial charge < -0.3 is 14.6 Å². The van der Waals surface area contributed by atoms with Crippen molar-refractivity contribution in [2.24, 2.45) is 0 Å². The summed E-state index contributed by atoms with van der Waals surface area (Å²) in [5, 5.41) is 7.30. The lowest BCUT2D eigenvalue weighted by molar-refractivity contribution is -0.124. The number of nitrogens with one attached hydrogen (secondary N) is 1. The van der Waals surface area contributed by atoms with Crippen molar-refractivity contribution in [1.82, 2.24) is 15.4 Å². The number of aryl methyl sites for hydroxylation is 2. The molecule has 2 atom stereocenters. The predicted octanol–water partition coefficient (Wildman–Crippen LogP) is 2.54. The molecule has 2 fully saturated rings. The Morgan fingerprint density at radius 2 is 1.84 bits per heavy atom. The molecule has 0 aromatic carbocycles. The third-order valence-electron chi connectivity index (χ3n) is 6.19. The predicted molar refractivity (Wildman–Crippen MR) is 95.6 cm³/mol. The summed E-state index contributed by atoms with van der Waals surface area (Å²) >= 11 is 0. The molecule has 1 aliphatic carbocycles. The third-order valence-corrected chi connectivity index (χ3v) is 6.19. The van der Waals surface area contributed by atoms with Crippen LogP contribution in [0.15, 0.2) is 4.52 Å². The fraction of sp³-hybridized carbons (Fsp3) is 0.789. The van der Waals surface area contributed by atoms with Gasteiger partial charge in [-0.3, -0.25) is 9.69 Å². The second kappa shape index (κ2) is 7.46. The molecule has 6 heteroatoms. The highest BCUT2D eigenvalue weighted by Crippen LogP contribution is 2.39. The van der Waals surface area contributed by atoms with Crippen LogP contribution in [0.3, 0.4) is 0 Å². The quantitative estimate of drug-likeness (QED) is 0.885. The molecule has 1 saturated carbocycles. The maximum absolute atomic E-state index is 12.9. The monoisotopic (exact) mass is 349 g/mol. The fourth-order valence-electron chi connectivity index (χ4n) is 4.73. The van der Waals surface area contributed by atoms with E-state index in [1.54, 1.807) is 0 Å². The molecule has 2 heterocycles. The van der Waals surface area contributed by atoms with Crippen molar-refractivity contribution in [2.45, 2.75) is 70.9 Å². The SMILES string of the molecule is Cc1noc(C)c1C(C)C(=O)NC(C)C1(N2CCOCC2)CCCC1. The van der Waals surface area contributed by atoms with E-state index in [4.69, 9.17) is 9.26 Å². The van der Waals surface area contributed by atoms with Crippen molar-refractivity contribution in [3.8, 4) is 0 Å². The molecular weight excluding hydrogens is 318 g/mol. The second-order valence-electron chi connectivity index (χ2n) is 7.60. The van der Waals surface area contributed by atoms with E-state index >= 15 is 0 Å². The Morgan fingerprint density at radius 3 is 2.40 bits per heavy atom. The van der Waals surface area contributed by atoms with Crippen molar-refractivity contribution in [1.29, 1.82) is 0 Å². The summed E-state index contributed by atoms with van der Waals surface area (Å²) in [6, 6.07) is 0.114. The Hall–Kier alpha value is -1.40. The van der Waals surface area contributed by atoms with Crippen molar-refractivity contribution in [3.63, 3.8) is 0 Å². The molecule has 0 radical (unpaired) electrons. The van der Waals surface area contributed by atoms with Crippen LogP contribution >= 0.6 is 0 Å². The highest BCUT2D eigenvalue weighted by atomic mass is 16.5. The van der Waals surface area contributed by atoms with Gasteiger partial charge in [-0.1, -0.05) is 18.0 Å². The third kappa shape index (κ3) is 3.47. The molecule has 1 aliphatic heterocycles. The first-order chi connectivity index (χ1) is 12.0. The fourth-order valence-corrected chi connectivity index (χ4v) is 4.73. The van der Waals surface area contributed by atoms with Gasteiger partial charge in [0.1, 0.15) is 5.76 Å². The van der Waals surface area contributed by atoms with Gasteiger partial charge in [-0.25, -0.2) is 0 Å². The minimum atomic E-state index is -0.253. The maximum atomic E-state index is 12.9. The van der Waals surface area contributed by atoms with Gasteiger partial charge in [0.15, 0.2) is 0 Å². The molecule has 2 aliphatic rings. The summed E-state index contributed by atoms with van der Waals surface area (Å²) in [7, 11) is 0. The minimum absolute atomic E-state index is 0.0569. The molecule has 25 heavy (non-hydrogen) atoms. The first-order valence-electron chi connectivity index (χ1n) is 9.51. The van der Waals surface area contributed by atoms with Crippen LogP contribution < -0.4 is 5.32 Å². The molecule has 1 saturated heterocycles. The smallest absolute Gasteiger partial charge is 0.227 e. The lowest BCUT2D eigenvalue weighted by Gasteiger charge is -2.47. The van der Waals surface area contributed by atoms with Gasteiger partial charge in [-0.2, -0.15) is 0 Å². The van der Waals surface area contributed by atoms with Crippen LogP contribution in [0.2, 0.25) is 0 Å². The molecule has 0 bridgehead atoms. The van der Waals surface area contributed by atoms with E-state index in [1.165, 1.54) is 12.8 Å². The zero-order chi connectivity index (χ0) is 18.0. The van der Waals surface area contributed by atoms with Crippen molar-refractivity contribution in [3.05, 3.63) is 17.0 Å². The summed E-state index contributed by atoms with van der Waals surface area (Å²) < 4.78 is 10.8. The van der Waals surface area contributed by atoms with Crippen LogP contribution in [0.4, 0.5) is 0 Å². The number of hydrogen-bond donors (Lipinski definition) is 1. The number of rotatable bonds is 5. The highest BCUT2D eigenvalue weighted by Gasteiger charge is 2.45. The van der Waals surface area contributed by atoms with Crippen LogP contribution in [0, 0.1) is 13.8 Å². The second-order valence-corrected chi connectivity index (χ2v) is 7.60. The Bertz CT molecular complexity index is 582. The van der Waals surface area contributed by atoms with E-state index in [2.05, 4.69) is 22.3 Å². The topological polar surface area (TPSA) is 67.6 Å². The number of nitrogens with zero attached hydrogens (tertiary/aromatic N) is 2. The van der Waals surface area contributed by atoms with Gasteiger partial charge in [-0.15, -0.1) is 0 Å². The molecule has 1 amide bonds. The largest absolute Gasteiger partial charge is 0.379 e. The van der Waals surface area contributed by atoms with Gasteiger partial charge >= 0.3 is 0 Å².